The second kappa shape index (κ2) is 46.9. The lowest BCUT2D eigenvalue weighted by Crippen LogP contribution is -2.31. The summed E-state index contributed by atoms with van der Waals surface area (Å²) in [4.78, 5) is 0. The quantitative estimate of drug-likeness (QED) is 0.0639. The van der Waals surface area contributed by atoms with Crippen molar-refractivity contribution in [2.45, 2.75) is 241 Å². The van der Waals surface area contributed by atoms with Gasteiger partial charge in [-0.05, 0) is 132 Å². The van der Waals surface area contributed by atoms with Crippen LogP contribution in [-0.2, 0) is 85.3 Å². The zero-order valence-corrected chi connectivity index (χ0v) is 50.6. The van der Waals surface area contributed by atoms with Gasteiger partial charge in [0.05, 0.1) is 229 Å². The number of rotatable bonds is 54. The lowest BCUT2D eigenvalue weighted by molar-refractivity contribution is -0.116. The Balaban J connectivity index is 4.01. The Morgan fingerprint density at radius 1 is 0.173 bits per heavy atom. The standard InChI is InChI=1S/C56H114O19/c1-20-58-40(3)22-60-42(5)24-62-44(7)26-64-46(9)28-66-48(11)30-68-50(13)32-70-52(15)34-72-54(17)36-74-56(19)38-75-55(18)37-73-53(16)35-71-51(14)33-69-49(12)31-67-47(10)29-65-45(8)27-63-43(6)25-61-41(4)23-59-39(2)21-57/h39-57H,20-38H2,1-19H3. The molecule has 452 valence electrons. The largest absolute Gasteiger partial charge is 0.394 e. The Labute approximate surface area is 456 Å². The molecule has 0 amide bonds. The van der Waals surface area contributed by atoms with Gasteiger partial charge in [0.2, 0.25) is 0 Å². The maximum Gasteiger partial charge on any atom is 0.0781 e. The van der Waals surface area contributed by atoms with Gasteiger partial charge in [-0.1, -0.05) is 0 Å². The molecule has 0 aromatic heterocycles. The molecule has 0 saturated heterocycles. The number of ether oxygens (including phenoxy) is 18. The van der Waals surface area contributed by atoms with Crippen molar-refractivity contribution in [1.29, 1.82) is 0 Å². The van der Waals surface area contributed by atoms with Gasteiger partial charge < -0.3 is 90.4 Å². The molecule has 18 atom stereocenters. The Bertz CT molecular complexity index is 1250. The van der Waals surface area contributed by atoms with Crippen molar-refractivity contribution < 1.29 is 90.4 Å². The third kappa shape index (κ3) is 46.7. The van der Waals surface area contributed by atoms with Gasteiger partial charge in [0.15, 0.2) is 0 Å². The summed E-state index contributed by atoms with van der Waals surface area (Å²) in [6.45, 7) is 45.9. The fourth-order valence-corrected chi connectivity index (χ4v) is 6.25. The fourth-order valence-electron chi connectivity index (χ4n) is 6.25. The molecule has 0 aliphatic heterocycles. The van der Waals surface area contributed by atoms with Crippen molar-refractivity contribution in [3.8, 4) is 0 Å². The van der Waals surface area contributed by atoms with E-state index >= 15 is 0 Å². The minimum absolute atomic E-state index is 0.0114. The predicted octanol–water partition coefficient (Wildman–Crippen LogP) is 7.29. The van der Waals surface area contributed by atoms with E-state index in [9.17, 15) is 0 Å². The molecular formula is C56H114O19. The molecule has 0 heterocycles. The van der Waals surface area contributed by atoms with E-state index in [4.69, 9.17) is 90.4 Å². The van der Waals surface area contributed by atoms with Crippen molar-refractivity contribution in [2.24, 2.45) is 0 Å². The first-order chi connectivity index (χ1) is 35.5. The minimum atomic E-state index is -0.204. The van der Waals surface area contributed by atoms with Crippen LogP contribution < -0.4 is 0 Å². The molecule has 19 nitrogen and oxygen atoms in total. The molecule has 0 aliphatic rings. The molecule has 0 fully saturated rings. The average molecular weight is 1090 g/mol. The Hall–Kier alpha value is -0.760. The van der Waals surface area contributed by atoms with Crippen LogP contribution in [0.3, 0.4) is 0 Å². The van der Waals surface area contributed by atoms with E-state index in [1.54, 1.807) is 0 Å². The first-order valence-electron chi connectivity index (χ1n) is 28.2. The first kappa shape index (κ1) is 74.2. The number of hydrogen-bond acceptors (Lipinski definition) is 19. The van der Waals surface area contributed by atoms with Crippen molar-refractivity contribution in [3.63, 3.8) is 0 Å². The third-order valence-electron chi connectivity index (χ3n) is 11.2. The van der Waals surface area contributed by atoms with Crippen LogP contribution in [-0.4, -0.2) is 241 Å². The van der Waals surface area contributed by atoms with E-state index in [1.807, 2.05) is 132 Å². The average Bonchev–Trinajstić information content (AvgIpc) is 3.38. The Kier molecular flexibility index (Phi) is 46.5. The third-order valence-corrected chi connectivity index (χ3v) is 11.2. The van der Waals surface area contributed by atoms with Crippen LogP contribution in [0.5, 0.6) is 0 Å². The van der Waals surface area contributed by atoms with E-state index in [0.29, 0.717) is 119 Å². The molecule has 0 rings (SSSR count). The monoisotopic (exact) mass is 1090 g/mol. The normalized spacial score (nSPS) is 19.7. The molecule has 1 N–H and O–H groups in total. The summed E-state index contributed by atoms with van der Waals surface area (Å²) in [5, 5.41) is 9.08. The molecule has 0 saturated carbocycles. The highest BCUT2D eigenvalue weighted by atomic mass is 16.6. The lowest BCUT2D eigenvalue weighted by Gasteiger charge is -2.24. The SMILES string of the molecule is CCOC(C)COC(C)COC(C)COC(C)COC(C)COC(C)COC(C)COC(C)COC(C)COC(C)COC(C)COC(C)COC(C)COC(C)COC(C)COC(C)COC(C)COC(C)CO. The van der Waals surface area contributed by atoms with Crippen LogP contribution >= 0.6 is 0 Å². The number of aliphatic hydroxyl groups excluding tert-OH is 1. The zero-order valence-electron chi connectivity index (χ0n) is 50.6. The summed E-state index contributed by atoms with van der Waals surface area (Å²) in [6, 6.07) is 0. The van der Waals surface area contributed by atoms with Gasteiger partial charge in [0.25, 0.3) is 0 Å². The van der Waals surface area contributed by atoms with E-state index in [-0.39, 0.29) is 116 Å². The van der Waals surface area contributed by atoms with Crippen molar-refractivity contribution in [1.82, 2.24) is 0 Å². The molecular weight excluding hydrogens is 977 g/mol. The Morgan fingerprint density at radius 3 is 0.360 bits per heavy atom. The van der Waals surface area contributed by atoms with Crippen LogP contribution in [0, 0.1) is 0 Å². The molecule has 0 aliphatic carbocycles. The summed E-state index contributed by atoms with van der Waals surface area (Å²) < 4.78 is 106. The summed E-state index contributed by atoms with van der Waals surface area (Å²) in [5.74, 6) is 0. The van der Waals surface area contributed by atoms with Crippen molar-refractivity contribution in [2.75, 3.05) is 126 Å². The molecule has 0 spiro atoms. The molecule has 0 aromatic carbocycles. The fraction of sp³-hybridized carbons (Fsp3) is 1.00. The molecule has 18 unspecified atom stereocenters. The van der Waals surface area contributed by atoms with Gasteiger partial charge in [-0.25, -0.2) is 0 Å². The number of aliphatic hydroxyl groups is 1. The summed E-state index contributed by atoms with van der Waals surface area (Å²) in [6.07, 6.45) is -1.61. The van der Waals surface area contributed by atoms with Gasteiger partial charge in [0.1, 0.15) is 0 Å². The lowest BCUT2D eigenvalue weighted by atomic mass is 10.3. The van der Waals surface area contributed by atoms with Gasteiger partial charge in [-0.15, -0.1) is 0 Å². The highest BCUT2D eigenvalue weighted by molar-refractivity contribution is 4.63. The van der Waals surface area contributed by atoms with Crippen molar-refractivity contribution >= 4 is 0 Å². The van der Waals surface area contributed by atoms with Crippen molar-refractivity contribution in [3.05, 3.63) is 0 Å². The molecule has 0 bridgehead atoms. The molecule has 75 heavy (non-hydrogen) atoms. The summed E-state index contributed by atoms with van der Waals surface area (Å²) in [7, 11) is 0. The molecule has 0 radical (unpaired) electrons. The maximum absolute atomic E-state index is 9.08. The van der Waals surface area contributed by atoms with Crippen LogP contribution in [0.15, 0.2) is 0 Å². The van der Waals surface area contributed by atoms with Crippen LogP contribution in [0.4, 0.5) is 0 Å². The zero-order chi connectivity index (χ0) is 56.6. The second-order valence-corrected chi connectivity index (χ2v) is 20.9. The molecule has 0 aromatic rings. The van der Waals surface area contributed by atoms with E-state index in [1.165, 1.54) is 0 Å². The maximum atomic E-state index is 9.08. The molecule has 19 heteroatoms. The Morgan fingerprint density at radius 2 is 0.267 bits per heavy atom. The van der Waals surface area contributed by atoms with E-state index < -0.39 is 0 Å². The van der Waals surface area contributed by atoms with Gasteiger partial charge in [-0.2, -0.15) is 0 Å². The first-order valence-corrected chi connectivity index (χ1v) is 28.2. The summed E-state index contributed by atoms with van der Waals surface area (Å²) >= 11 is 0. The van der Waals surface area contributed by atoms with Crippen LogP contribution in [0.1, 0.15) is 132 Å². The highest BCUT2D eigenvalue weighted by Gasteiger charge is 2.19. The van der Waals surface area contributed by atoms with Crippen LogP contribution in [0.25, 0.3) is 0 Å². The summed E-state index contributed by atoms with van der Waals surface area (Å²) in [5.41, 5.74) is 0. The minimum Gasteiger partial charge on any atom is -0.394 e. The predicted molar refractivity (Wildman–Crippen MR) is 290 cm³/mol. The van der Waals surface area contributed by atoms with Gasteiger partial charge in [-0.3, -0.25) is 0 Å². The van der Waals surface area contributed by atoms with Gasteiger partial charge in [0, 0.05) is 6.61 Å². The van der Waals surface area contributed by atoms with Gasteiger partial charge >= 0.3 is 0 Å². The smallest absolute Gasteiger partial charge is 0.0781 e. The number of hydrogen-bond donors (Lipinski definition) is 1. The highest BCUT2D eigenvalue weighted by Crippen LogP contribution is 2.10. The van der Waals surface area contributed by atoms with E-state index in [0.717, 1.165) is 0 Å². The topological polar surface area (TPSA) is 186 Å². The van der Waals surface area contributed by atoms with E-state index in [2.05, 4.69) is 0 Å². The van der Waals surface area contributed by atoms with Crippen LogP contribution in [0.2, 0.25) is 0 Å². The second-order valence-electron chi connectivity index (χ2n) is 20.9.